The summed E-state index contributed by atoms with van der Waals surface area (Å²) in [5.41, 5.74) is 0. The molecule has 15 heavy (non-hydrogen) atoms. The van der Waals surface area contributed by atoms with Crippen molar-refractivity contribution in [3.63, 3.8) is 0 Å². The topological polar surface area (TPSA) is 42.9 Å². The van der Waals surface area contributed by atoms with Gasteiger partial charge in [0, 0.05) is 6.42 Å². The summed E-state index contributed by atoms with van der Waals surface area (Å²) in [5.74, 6) is -0.417. The van der Waals surface area contributed by atoms with E-state index in [1.54, 1.807) is 0 Å². The van der Waals surface area contributed by atoms with Gasteiger partial charge in [-0.05, 0) is 0 Å². The van der Waals surface area contributed by atoms with Gasteiger partial charge in [-0.2, -0.15) is 0 Å². The molecule has 0 spiro atoms. The second-order valence-corrected chi connectivity index (χ2v) is 3.37. The lowest BCUT2D eigenvalue weighted by atomic mass is 10.1. The number of ether oxygens (including phenoxy) is 1. The third kappa shape index (κ3) is 5.01. The maximum Gasteiger partial charge on any atom is 0.522 e. The van der Waals surface area contributed by atoms with Crippen molar-refractivity contribution < 1.29 is 40.4 Å². The molecule has 8 heteroatoms. The number of carbonyl (C=O) groups is 1. The van der Waals surface area contributed by atoms with Crippen molar-refractivity contribution in [2.45, 2.75) is 24.9 Å². The molecule has 1 fully saturated rings. The fraction of sp³-hybridized carbons (Fsp3) is 0.857. The third-order valence-corrected chi connectivity index (χ3v) is 2.31. The summed E-state index contributed by atoms with van der Waals surface area (Å²) in [7, 11) is 0. The Bertz CT molecular complexity index is 225. The normalized spacial score (nSPS) is 26.1. The van der Waals surface area contributed by atoms with Crippen LogP contribution >= 0.6 is 11.6 Å². The van der Waals surface area contributed by atoms with Crippen LogP contribution in [0, 0.1) is 0 Å². The van der Waals surface area contributed by atoms with Gasteiger partial charge in [-0.15, -0.1) is 24.8 Å². The summed E-state index contributed by atoms with van der Waals surface area (Å²) < 4.78 is 39.1. The molecule has 0 radical (unpaired) electrons. The number of hydrogen-bond donors (Lipinski definition) is 1. The van der Waals surface area contributed by atoms with E-state index in [9.17, 15) is 18.0 Å². The number of quaternary nitrogens is 1. The summed E-state index contributed by atoms with van der Waals surface area (Å²) in [6.45, 7) is 0.146. The van der Waals surface area contributed by atoms with E-state index in [0.717, 1.165) is 0 Å². The zero-order valence-electron chi connectivity index (χ0n) is 7.56. The number of carbonyl (C=O) groups excluding carboxylic acids is 1. The van der Waals surface area contributed by atoms with Crippen molar-refractivity contribution in [3.05, 3.63) is 0 Å². The second-order valence-electron chi connectivity index (χ2n) is 3.10. The lowest BCUT2D eigenvalue weighted by Crippen LogP contribution is -3.00. The second kappa shape index (κ2) is 5.89. The first-order chi connectivity index (χ1) is 6.42. The molecule has 0 saturated carbocycles. The smallest absolute Gasteiger partial charge is 0.522 e. The van der Waals surface area contributed by atoms with Crippen LogP contribution in [-0.2, 0) is 9.53 Å². The zero-order valence-corrected chi connectivity index (χ0v) is 9.07. The third-order valence-electron chi connectivity index (χ3n) is 2.05. The minimum absolute atomic E-state index is 0. The molecule has 90 valence electrons. The molecule has 0 aromatic heterocycles. The average molecular weight is 268 g/mol. The Hall–Kier alpha value is -0.0400. The summed E-state index contributed by atoms with van der Waals surface area (Å²) in [4.78, 5) is 11.0. The van der Waals surface area contributed by atoms with E-state index in [1.807, 2.05) is 0 Å². The van der Waals surface area contributed by atoms with Crippen molar-refractivity contribution in [2.24, 2.45) is 0 Å². The maximum atomic E-state index is 11.8. The van der Waals surface area contributed by atoms with Gasteiger partial charge in [-0.1, -0.05) is 0 Å². The largest absolute Gasteiger partial charge is 1.00 e. The number of nitrogens with two attached hydrogens (primary N) is 1. The van der Waals surface area contributed by atoms with Gasteiger partial charge in [0.15, 0.2) is 0 Å². The van der Waals surface area contributed by atoms with Crippen molar-refractivity contribution in [1.29, 1.82) is 0 Å². The quantitative estimate of drug-likeness (QED) is 0.556. The van der Waals surface area contributed by atoms with Crippen molar-refractivity contribution in [1.82, 2.24) is 0 Å². The summed E-state index contributed by atoms with van der Waals surface area (Å²) in [6, 6.07) is -0.486. The number of hydrogen-bond acceptors (Lipinski definition) is 2. The molecule has 3 nitrogen and oxygen atoms in total. The fourth-order valence-corrected chi connectivity index (χ4v) is 1.64. The van der Waals surface area contributed by atoms with Gasteiger partial charge < -0.3 is 17.7 Å². The standard InChI is InChI=1S/C7H9ClF3NO2.ClH/c8-2-6(13)5-1-4(3-12-5)14-7(9,10)11;/h4-5,12H,1-3H2;1H/t4-,5+;/m1./s1. The van der Waals surface area contributed by atoms with E-state index in [2.05, 4.69) is 4.74 Å². The van der Waals surface area contributed by atoms with Crippen LogP contribution in [0.15, 0.2) is 0 Å². The van der Waals surface area contributed by atoms with Crippen LogP contribution in [0.3, 0.4) is 0 Å². The zero-order chi connectivity index (χ0) is 10.8. The lowest BCUT2D eigenvalue weighted by molar-refractivity contribution is -0.660. The highest BCUT2D eigenvalue weighted by Crippen LogP contribution is 2.21. The van der Waals surface area contributed by atoms with Crippen LogP contribution < -0.4 is 17.7 Å². The van der Waals surface area contributed by atoms with Gasteiger partial charge in [0.25, 0.3) is 0 Å². The molecule has 1 heterocycles. The lowest BCUT2D eigenvalue weighted by Gasteiger charge is -2.10. The van der Waals surface area contributed by atoms with E-state index in [0.29, 0.717) is 0 Å². The number of Topliss-reactive ketones (excluding diaryl/α,β-unsaturated/α-hetero) is 1. The molecule has 0 bridgehead atoms. The van der Waals surface area contributed by atoms with Crippen LogP contribution in [0.1, 0.15) is 6.42 Å². The Morgan fingerprint density at radius 1 is 1.53 bits per heavy atom. The molecular weight excluding hydrogens is 258 g/mol. The molecule has 0 aromatic carbocycles. The van der Waals surface area contributed by atoms with E-state index in [4.69, 9.17) is 11.6 Å². The van der Waals surface area contributed by atoms with E-state index < -0.39 is 18.5 Å². The molecule has 0 aromatic rings. The average Bonchev–Trinajstić information content (AvgIpc) is 2.48. The number of rotatable bonds is 3. The summed E-state index contributed by atoms with van der Waals surface area (Å²) >= 11 is 5.28. The Morgan fingerprint density at radius 2 is 2.13 bits per heavy atom. The van der Waals surface area contributed by atoms with Crippen LogP contribution in [0.25, 0.3) is 0 Å². The molecule has 1 saturated heterocycles. The van der Waals surface area contributed by atoms with E-state index in [1.165, 1.54) is 5.32 Å². The summed E-state index contributed by atoms with van der Waals surface area (Å²) in [6.07, 6.45) is -5.49. The number of halogens is 5. The first-order valence-corrected chi connectivity index (χ1v) is 4.62. The van der Waals surface area contributed by atoms with E-state index in [-0.39, 0.29) is 37.0 Å². The minimum atomic E-state index is -4.63. The number of ketones is 1. The minimum Gasteiger partial charge on any atom is -1.00 e. The van der Waals surface area contributed by atoms with Crippen molar-refractivity contribution in [2.75, 3.05) is 12.4 Å². The Balaban J connectivity index is 0.00000196. The van der Waals surface area contributed by atoms with Gasteiger partial charge in [0.2, 0.25) is 5.78 Å². The molecule has 1 rings (SSSR count). The molecule has 2 N–H and O–H groups in total. The van der Waals surface area contributed by atoms with Crippen molar-refractivity contribution in [3.8, 4) is 0 Å². The highest BCUT2D eigenvalue weighted by molar-refractivity contribution is 6.28. The van der Waals surface area contributed by atoms with Crippen LogP contribution in [-0.4, -0.2) is 36.7 Å². The molecule has 0 amide bonds. The highest BCUT2D eigenvalue weighted by atomic mass is 35.5. The van der Waals surface area contributed by atoms with Crippen LogP contribution in [0.2, 0.25) is 0 Å². The Kier molecular flexibility index (Phi) is 5.87. The van der Waals surface area contributed by atoms with Gasteiger partial charge in [-0.3, -0.25) is 9.53 Å². The SMILES string of the molecule is O=C(CCl)[C@@H]1C[C@@H](OC(F)(F)F)C[NH2+]1.[Cl-]. The Labute approximate surface area is 95.7 Å². The molecule has 1 aliphatic rings. The predicted molar refractivity (Wildman–Crippen MR) is 41.9 cm³/mol. The van der Waals surface area contributed by atoms with Crippen LogP contribution in [0.4, 0.5) is 13.2 Å². The van der Waals surface area contributed by atoms with Gasteiger partial charge in [0.05, 0.1) is 5.88 Å². The first kappa shape index (κ1) is 15.0. The number of alkyl halides is 4. The van der Waals surface area contributed by atoms with Gasteiger partial charge in [0.1, 0.15) is 18.7 Å². The fourth-order valence-electron chi connectivity index (χ4n) is 1.44. The first-order valence-electron chi connectivity index (χ1n) is 4.09. The van der Waals surface area contributed by atoms with Crippen LogP contribution in [0.5, 0.6) is 0 Å². The molecule has 2 atom stereocenters. The molecule has 1 aliphatic heterocycles. The molecular formula is C7H10Cl2F3NO2. The van der Waals surface area contributed by atoms with E-state index >= 15 is 0 Å². The van der Waals surface area contributed by atoms with Crippen molar-refractivity contribution >= 4 is 17.4 Å². The highest BCUT2D eigenvalue weighted by Gasteiger charge is 2.41. The monoisotopic (exact) mass is 267 g/mol. The predicted octanol–water partition coefficient (Wildman–Crippen LogP) is -2.96. The van der Waals surface area contributed by atoms with Gasteiger partial charge in [-0.25, -0.2) is 0 Å². The molecule has 0 unspecified atom stereocenters. The molecule has 0 aliphatic carbocycles. The maximum absolute atomic E-state index is 11.8. The Morgan fingerprint density at radius 3 is 2.60 bits per heavy atom. The van der Waals surface area contributed by atoms with Gasteiger partial charge >= 0.3 is 6.36 Å². The summed E-state index contributed by atoms with van der Waals surface area (Å²) in [5, 5.41) is 1.53.